The number of rotatable bonds is 3. The minimum absolute atomic E-state index is 0.0989. The first-order valence-electron chi connectivity index (χ1n) is 8.63. The fraction of sp³-hybridized carbons (Fsp3) is 0.353. The monoisotopic (exact) mass is 423 g/mol. The van der Waals surface area contributed by atoms with Gasteiger partial charge in [-0.25, -0.2) is 13.4 Å². The van der Waals surface area contributed by atoms with Crippen molar-refractivity contribution in [2.24, 2.45) is 0 Å². The van der Waals surface area contributed by atoms with Crippen molar-refractivity contribution in [1.29, 1.82) is 0 Å². The summed E-state index contributed by atoms with van der Waals surface area (Å²) < 4.78 is 29.2. The van der Waals surface area contributed by atoms with Crippen LogP contribution in [0.1, 0.15) is 12.5 Å². The summed E-state index contributed by atoms with van der Waals surface area (Å²) >= 11 is 7.77. The second kappa shape index (κ2) is 6.16. The first kappa shape index (κ1) is 17.4. The van der Waals surface area contributed by atoms with Gasteiger partial charge in [-0.1, -0.05) is 23.4 Å². The van der Waals surface area contributed by atoms with Crippen LogP contribution in [0, 0.1) is 0 Å². The molecule has 3 aliphatic heterocycles. The molecule has 0 amide bonds. The molecule has 2 aromatic rings. The summed E-state index contributed by atoms with van der Waals surface area (Å²) in [6.45, 7) is 1.86. The average molecular weight is 424 g/mol. The first-order valence-corrected chi connectivity index (χ1v) is 11.4. The lowest BCUT2D eigenvalue weighted by molar-refractivity contribution is 0.394. The third kappa shape index (κ3) is 2.60. The Balaban J connectivity index is 1.67. The van der Waals surface area contributed by atoms with Crippen molar-refractivity contribution in [3.05, 3.63) is 46.3 Å². The highest BCUT2D eigenvalue weighted by molar-refractivity contribution is 8.03. The van der Waals surface area contributed by atoms with Crippen molar-refractivity contribution in [2.75, 3.05) is 20.1 Å². The predicted molar refractivity (Wildman–Crippen MR) is 106 cm³/mol. The lowest BCUT2D eigenvalue weighted by Crippen LogP contribution is -2.28. The molecule has 0 saturated carbocycles. The van der Waals surface area contributed by atoms with Crippen molar-refractivity contribution >= 4 is 44.2 Å². The summed E-state index contributed by atoms with van der Waals surface area (Å²) in [7, 11) is -1.75. The SMILES string of the molecule is CN1CCC(n2cc(S(=O)(=O)C3=C(Cl)NC4SC=CN34)c3cccnc32)C1. The van der Waals surface area contributed by atoms with E-state index in [1.165, 1.54) is 11.8 Å². The second-order valence-electron chi connectivity index (χ2n) is 6.93. The molecular formula is C17H18ClN5O2S2. The van der Waals surface area contributed by atoms with Crippen LogP contribution in [0.4, 0.5) is 0 Å². The minimum Gasteiger partial charge on any atom is -0.344 e. The van der Waals surface area contributed by atoms with E-state index in [-0.39, 0.29) is 26.6 Å². The zero-order chi connectivity index (χ0) is 18.8. The summed E-state index contributed by atoms with van der Waals surface area (Å²) in [6, 6.07) is 3.79. The van der Waals surface area contributed by atoms with Crippen LogP contribution in [0.2, 0.25) is 0 Å². The Morgan fingerprint density at radius 1 is 1.41 bits per heavy atom. The average Bonchev–Trinajstić information content (AvgIpc) is 3.36. The maximum absolute atomic E-state index is 13.6. The smallest absolute Gasteiger partial charge is 0.227 e. The Morgan fingerprint density at radius 3 is 3.04 bits per heavy atom. The molecule has 0 radical (unpaired) electrons. The molecule has 0 bridgehead atoms. The number of sulfone groups is 1. The maximum atomic E-state index is 13.6. The van der Waals surface area contributed by atoms with E-state index in [0.717, 1.165) is 19.5 Å². The topological polar surface area (TPSA) is 70.5 Å². The lowest BCUT2D eigenvalue weighted by atomic mass is 10.2. The third-order valence-corrected chi connectivity index (χ3v) is 8.32. The van der Waals surface area contributed by atoms with Crippen molar-refractivity contribution < 1.29 is 8.42 Å². The molecule has 1 fully saturated rings. The van der Waals surface area contributed by atoms with Gasteiger partial charge in [-0.05, 0) is 37.6 Å². The van der Waals surface area contributed by atoms with Gasteiger partial charge in [-0.15, -0.1) is 0 Å². The number of likely N-dealkylation sites (tertiary alicyclic amines) is 1. The molecule has 142 valence electrons. The number of nitrogens with zero attached hydrogens (tertiary/aromatic N) is 4. The zero-order valence-electron chi connectivity index (χ0n) is 14.5. The molecule has 2 aromatic heterocycles. The van der Waals surface area contributed by atoms with Gasteiger partial charge in [0, 0.05) is 36.6 Å². The number of halogens is 1. The van der Waals surface area contributed by atoms with E-state index in [4.69, 9.17) is 11.6 Å². The molecule has 3 aliphatic rings. The number of aromatic nitrogens is 2. The van der Waals surface area contributed by atoms with E-state index in [2.05, 4.69) is 22.2 Å². The summed E-state index contributed by atoms with van der Waals surface area (Å²) in [5, 5.41) is 5.76. The normalized spacial score (nSPS) is 25.6. The Labute approximate surface area is 166 Å². The van der Waals surface area contributed by atoms with Crippen LogP contribution in [0.15, 0.2) is 51.2 Å². The molecule has 0 aromatic carbocycles. The molecule has 27 heavy (non-hydrogen) atoms. The van der Waals surface area contributed by atoms with Gasteiger partial charge in [-0.2, -0.15) is 0 Å². The highest BCUT2D eigenvalue weighted by atomic mass is 35.5. The van der Waals surface area contributed by atoms with E-state index in [0.29, 0.717) is 11.0 Å². The molecule has 5 heterocycles. The van der Waals surface area contributed by atoms with Gasteiger partial charge >= 0.3 is 0 Å². The molecule has 5 rings (SSSR count). The molecular weight excluding hydrogens is 406 g/mol. The van der Waals surface area contributed by atoms with Crippen LogP contribution in [0.5, 0.6) is 0 Å². The summed E-state index contributed by atoms with van der Waals surface area (Å²) in [5.74, 6) is 0. The lowest BCUT2D eigenvalue weighted by Gasteiger charge is -2.18. The number of nitrogens with one attached hydrogen (secondary N) is 1. The van der Waals surface area contributed by atoms with Crippen LogP contribution in [0.3, 0.4) is 0 Å². The van der Waals surface area contributed by atoms with E-state index in [9.17, 15) is 8.42 Å². The quantitative estimate of drug-likeness (QED) is 0.760. The predicted octanol–water partition coefficient (Wildman–Crippen LogP) is 2.46. The van der Waals surface area contributed by atoms with Gasteiger partial charge in [0.2, 0.25) is 9.84 Å². The van der Waals surface area contributed by atoms with Crippen LogP contribution >= 0.6 is 23.4 Å². The van der Waals surface area contributed by atoms with E-state index in [1.54, 1.807) is 29.6 Å². The van der Waals surface area contributed by atoms with Gasteiger partial charge in [-0.3, -0.25) is 0 Å². The molecule has 2 atom stereocenters. The number of pyridine rings is 1. The second-order valence-corrected chi connectivity index (χ2v) is 10.1. The fourth-order valence-electron chi connectivity index (χ4n) is 3.92. The van der Waals surface area contributed by atoms with Crippen LogP contribution in [-0.2, 0) is 9.84 Å². The Kier molecular flexibility index (Phi) is 3.98. The van der Waals surface area contributed by atoms with Gasteiger partial charge in [0.15, 0.2) is 10.5 Å². The largest absolute Gasteiger partial charge is 0.344 e. The van der Waals surface area contributed by atoms with Gasteiger partial charge < -0.3 is 19.7 Å². The summed E-state index contributed by atoms with van der Waals surface area (Å²) in [4.78, 5) is 8.64. The third-order valence-electron chi connectivity index (χ3n) is 5.21. The van der Waals surface area contributed by atoms with E-state index >= 15 is 0 Å². The highest BCUT2D eigenvalue weighted by Gasteiger charge is 2.41. The van der Waals surface area contributed by atoms with Crippen LogP contribution in [-0.4, -0.2) is 53.4 Å². The van der Waals surface area contributed by atoms with Crippen LogP contribution < -0.4 is 5.32 Å². The summed E-state index contributed by atoms with van der Waals surface area (Å²) in [6.07, 6.45) is 6.14. The first-order chi connectivity index (χ1) is 13.0. The van der Waals surface area contributed by atoms with Crippen molar-refractivity contribution in [3.8, 4) is 0 Å². The van der Waals surface area contributed by atoms with Crippen molar-refractivity contribution in [2.45, 2.75) is 22.9 Å². The highest BCUT2D eigenvalue weighted by Crippen LogP contribution is 2.41. The molecule has 1 saturated heterocycles. The summed E-state index contributed by atoms with van der Waals surface area (Å²) in [5.41, 5.74) is 0.485. The van der Waals surface area contributed by atoms with Crippen molar-refractivity contribution in [1.82, 2.24) is 24.7 Å². The minimum atomic E-state index is -3.82. The zero-order valence-corrected chi connectivity index (χ0v) is 16.9. The number of hydrogen-bond acceptors (Lipinski definition) is 7. The molecule has 7 nitrogen and oxygen atoms in total. The Bertz CT molecular complexity index is 1090. The number of fused-ring (bicyclic) bond motifs is 2. The van der Waals surface area contributed by atoms with Gasteiger partial charge in [0.25, 0.3) is 0 Å². The van der Waals surface area contributed by atoms with E-state index < -0.39 is 9.84 Å². The number of hydrogen-bond donors (Lipinski definition) is 1. The molecule has 10 heteroatoms. The Hall–Kier alpha value is -1.68. The Morgan fingerprint density at radius 2 is 2.26 bits per heavy atom. The van der Waals surface area contributed by atoms with E-state index in [1.807, 2.05) is 16.0 Å². The molecule has 0 aliphatic carbocycles. The van der Waals surface area contributed by atoms with Crippen molar-refractivity contribution in [3.63, 3.8) is 0 Å². The van der Waals surface area contributed by atoms with Crippen LogP contribution in [0.25, 0.3) is 11.0 Å². The molecule has 0 spiro atoms. The fourth-order valence-corrected chi connectivity index (χ4v) is 7.05. The van der Waals surface area contributed by atoms with Gasteiger partial charge in [0.1, 0.15) is 15.7 Å². The molecule has 2 unspecified atom stereocenters. The molecule has 1 N–H and O–H groups in total. The maximum Gasteiger partial charge on any atom is 0.227 e. The number of likely N-dealkylation sites (N-methyl/N-ethyl adjacent to an activating group) is 1. The number of thioether (sulfide) groups is 1. The van der Waals surface area contributed by atoms with Gasteiger partial charge in [0.05, 0.1) is 0 Å². The standard InChI is InChI=1S/C17H18ClN5O2S2/c1-21-6-4-11(9-21)23-10-13(12-3-2-5-19-15(12)23)27(24,25)16-14(18)20-17-22(16)7-8-26-17/h2-3,5,7-8,10-11,17,20H,4,6,9H2,1H3.